The zero-order valence-electron chi connectivity index (χ0n) is 11.3. The number of rotatable bonds is 4. The molecule has 0 unspecified atom stereocenters. The van der Waals surface area contributed by atoms with E-state index in [4.69, 9.17) is 0 Å². The Morgan fingerprint density at radius 1 is 1.35 bits per heavy atom. The van der Waals surface area contributed by atoms with Gasteiger partial charge in [0.2, 0.25) is 5.91 Å². The fourth-order valence-corrected chi connectivity index (χ4v) is 2.36. The number of nitrogens with zero attached hydrogens (tertiary/aromatic N) is 1. The molecular weight excluding hydrogens is 274 g/mol. The molecule has 0 saturated carbocycles. The van der Waals surface area contributed by atoms with Gasteiger partial charge in [-0.15, -0.1) is 0 Å². The topological polar surface area (TPSA) is 70.6 Å². The summed E-state index contributed by atoms with van der Waals surface area (Å²) in [5, 5.41) is 6.83. The predicted molar refractivity (Wildman–Crippen MR) is 82.1 cm³/mol. The molecule has 0 aliphatic carbocycles. The molecule has 106 valence electrons. The Labute approximate surface area is 122 Å². The maximum absolute atomic E-state index is 11.6. The van der Waals surface area contributed by atoms with Gasteiger partial charge in [-0.05, 0) is 24.1 Å². The Morgan fingerprint density at radius 2 is 2.10 bits per heavy atom. The highest BCUT2D eigenvalue weighted by Crippen LogP contribution is 2.16. The van der Waals surface area contributed by atoms with Crippen LogP contribution in [-0.4, -0.2) is 22.6 Å². The van der Waals surface area contributed by atoms with E-state index in [1.165, 1.54) is 11.8 Å². The number of hydrogen-bond acceptors (Lipinski definition) is 4. The number of carbonyl (C=O) groups is 2. The van der Waals surface area contributed by atoms with E-state index < -0.39 is 0 Å². The summed E-state index contributed by atoms with van der Waals surface area (Å²) in [6.07, 6.45) is 2.08. The van der Waals surface area contributed by atoms with E-state index in [1.807, 2.05) is 31.2 Å². The van der Waals surface area contributed by atoms with Crippen molar-refractivity contribution in [1.82, 2.24) is 5.43 Å². The summed E-state index contributed by atoms with van der Waals surface area (Å²) < 4.78 is 0. The van der Waals surface area contributed by atoms with Crippen LogP contribution in [0.1, 0.15) is 31.7 Å². The van der Waals surface area contributed by atoms with Gasteiger partial charge < -0.3 is 5.32 Å². The fraction of sp³-hybridized carbons (Fsp3) is 0.357. The van der Waals surface area contributed by atoms with E-state index in [0.717, 1.165) is 29.1 Å². The molecule has 6 heteroatoms. The van der Waals surface area contributed by atoms with E-state index in [9.17, 15) is 9.59 Å². The van der Waals surface area contributed by atoms with Crippen molar-refractivity contribution < 1.29 is 9.59 Å². The molecule has 0 atom stereocenters. The molecule has 0 saturated heterocycles. The first-order valence-corrected chi connectivity index (χ1v) is 7.57. The van der Waals surface area contributed by atoms with Crippen LogP contribution < -0.4 is 10.7 Å². The van der Waals surface area contributed by atoms with Crippen LogP contribution in [0.25, 0.3) is 0 Å². The van der Waals surface area contributed by atoms with Crippen molar-refractivity contribution >= 4 is 34.3 Å². The summed E-state index contributed by atoms with van der Waals surface area (Å²) in [5.41, 5.74) is 5.07. The van der Waals surface area contributed by atoms with Crippen molar-refractivity contribution in [3.05, 3.63) is 29.8 Å². The van der Waals surface area contributed by atoms with E-state index in [2.05, 4.69) is 15.8 Å². The maximum atomic E-state index is 11.6. The molecule has 0 bridgehead atoms. The second-order valence-corrected chi connectivity index (χ2v) is 5.50. The number of benzene rings is 1. The number of thioether (sulfide) groups is 1. The van der Waals surface area contributed by atoms with Crippen molar-refractivity contribution in [3.8, 4) is 0 Å². The lowest BCUT2D eigenvalue weighted by Gasteiger charge is -2.12. The predicted octanol–water partition coefficient (Wildman–Crippen LogP) is 2.98. The smallest absolute Gasteiger partial charge is 0.283 e. The summed E-state index contributed by atoms with van der Waals surface area (Å²) in [6.45, 7) is 2.04. The van der Waals surface area contributed by atoms with Crippen molar-refractivity contribution in [2.24, 2.45) is 5.10 Å². The minimum atomic E-state index is -0.0504. The van der Waals surface area contributed by atoms with Crippen LogP contribution in [0.3, 0.4) is 0 Å². The van der Waals surface area contributed by atoms with E-state index in [-0.39, 0.29) is 11.1 Å². The Hall–Kier alpha value is -1.82. The molecule has 1 aliphatic rings. The van der Waals surface area contributed by atoms with Crippen LogP contribution in [0.5, 0.6) is 0 Å². The second kappa shape index (κ2) is 7.09. The summed E-state index contributed by atoms with van der Waals surface area (Å²) in [5.74, 6) is 0.769. The largest absolute Gasteiger partial charge is 0.317 e. The molecule has 0 radical (unpaired) electrons. The molecule has 0 fully saturated rings. The van der Waals surface area contributed by atoms with Crippen molar-refractivity contribution in [2.45, 2.75) is 26.2 Å². The molecule has 0 spiro atoms. The minimum Gasteiger partial charge on any atom is -0.317 e. The summed E-state index contributed by atoms with van der Waals surface area (Å²) in [4.78, 5) is 22.6. The molecule has 2 amide bonds. The number of nitrogens with one attached hydrogen (secondary N) is 2. The Balaban J connectivity index is 1.96. The molecule has 1 aromatic rings. The maximum Gasteiger partial charge on any atom is 0.283 e. The van der Waals surface area contributed by atoms with Crippen LogP contribution in [-0.2, 0) is 4.79 Å². The van der Waals surface area contributed by atoms with Crippen LogP contribution in [0.15, 0.2) is 29.4 Å². The molecule has 2 N–H and O–H groups in total. The summed E-state index contributed by atoms with van der Waals surface area (Å²) in [7, 11) is 0. The van der Waals surface area contributed by atoms with E-state index in [0.29, 0.717) is 12.8 Å². The van der Waals surface area contributed by atoms with Gasteiger partial charge >= 0.3 is 0 Å². The Morgan fingerprint density at radius 3 is 2.70 bits per heavy atom. The lowest BCUT2D eigenvalue weighted by molar-refractivity contribution is -0.121. The lowest BCUT2D eigenvalue weighted by Crippen LogP contribution is -2.25. The first kappa shape index (κ1) is 14.6. The van der Waals surface area contributed by atoms with Crippen LogP contribution in [0, 0.1) is 0 Å². The number of amides is 2. The molecule has 5 nitrogen and oxygen atoms in total. The summed E-state index contributed by atoms with van der Waals surface area (Å²) in [6, 6.07) is 7.49. The third-order valence-corrected chi connectivity index (χ3v) is 3.78. The molecule has 1 heterocycles. The van der Waals surface area contributed by atoms with Crippen molar-refractivity contribution in [2.75, 3.05) is 11.1 Å². The van der Waals surface area contributed by atoms with E-state index >= 15 is 0 Å². The van der Waals surface area contributed by atoms with Gasteiger partial charge in [-0.1, -0.05) is 30.8 Å². The Bertz CT molecular complexity index is 526. The zero-order valence-corrected chi connectivity index (χ0v) is 12.1. The van der Waals surface area contributed by atoms with E-state index in [1.54, 1.807) is 0 Å². The van der Waals surface area contributed by atoms with Gasteiger partial charge in [0.1, 0.15) is 0 Å². The van der Waals surface area contributed by atoms with Gasteiger partial charge in [-0.3, -0.25) is 9.59 Å². The first-order chi connectivity index (χ1) is 9.69. The quantitative estimate of drug-likeness (QED) is 0.896. The summed E-state index contributed by atoms with van der Waals surface area (Å²) >= 11 is 1.28. The van der Waals surface area contributed by atoms with Crippen LogP contribution >= 0.6 is 11.8 Å². The van der Waals surface area contributed by atoms with Gasteiger partial charge in [0.25, 0.3) is 5.24 Å². The monoisotopic (exact) mass is 291 g/mol. The third-order valence-electron chi connectivity index (χ3n) is 2.81. The van der Waals surface area contributed by atoms with Gasteiger partial charge in [-0.25, -0.2) is 5.43 Å². The fourth-order valence-electron chi connectivity index (χ4n) is 1.78. The number of hydrazone groups is 1. The second-order valence-electron chi connectivity index (χ2n) is 4.43. The molecule has 2 rings (SSSR count). The van der Waals surface area contributed by atoms with Gasteiger partial charge in [0.15, 0.2) is 0 Å². The standard InChI is InChI=1S/C14H17N3O2S/c1-2-9-20-14(19)15-11-5-3-10(4-6-11)12-7-8-13(18)17-16-12/h3-6H,2,7-9H2,1H3,(H,15,19)(H,17,18). The third kappa shape index (κ3) is 4.09. The highest BCUT2D eigenvalue weighted by molar-refractivity contribution is 8.13. The first-order valence-electron chi connectivity index (χ1n) is 6.58. The highest BCUT2D eigenvalue weighted by atomic mass is 32.2. The highest BCUT2D eigenvalue weighted by Gasteiger charge is 2.13. The average molecular weight is 291 g/mol. The Kier molecular flexibility index (Phi) is 5.17. The zero-order chi connectivity index (χ0) is 14.4. The number of hydrogen-bond donors (Lipinski definition) is 2. The average Bonchev–Trinajstić information content (AvgIpc) is 2.47. The van der Waals surface area contributed by atoms with Crippen LogP contribution in [0.4, 0.5) is 10.5 Å². The molecule has 1 aromatic carbocycles. The molecule has 0 aromatic heterocycles. The molecular formula is C14H17N3O2S. The van der Waals surface area contributed by atoms with Crippen molar-refractivity contribution in [3.63, 3.8) is 0 Å². The minimum absolute atomic E-state index is 0.0399. The normalized spacial score (nSPS) is 14.4. The van der Waals surface area contributed by atoms with Gasteiger partial charge in [0.05, 0.1) is 5.71 Å². The molecule has 20 heavy (non-hydrogen) atoms. The lowest BCUT2D eigenvalue weighted by atomic mass is 10.0. The SMILES string of the molecule is CCCSC(=O)Nc1ccc(C2=NNC(=O)CC2)cc1. The van der Waals surface area contributed by atoms with Gasteiger partial charge in [0, 0.05) is 24.3 Å². The van der Waals surface area contributed by atoms with Crippen LogP contribution in [0.2, 0.25) is 0 Å². The van der Waals surface area contributed by atoms with Crippen molar-refractivity contribution in [1.29, 1.82) is 0 Å². The number of carbonyl (C=O) groups excluding carboxylic acids is 2. The molecule has 1 aliphatic heterocycles. The number of anilines is 1. The van der Waals surface area contributed by atoms with Gasteiger partial charge in [-0.2, -0.15) is 5.10 Å².